The van der Waals surface area contributed by atoms with Gasteiger partial charge in [0, 0.05) is 31.0 Å². The van der Waals surface area contributed by atoms with E-state index >= 15 is 0 Å². The molecule has 2 N–H and O–H groups in total. The summed E-state index contributed by atoms with van der Waals surface area (Å²) in [4.78, 5) is 40.9. The lowest BCUT2D eigenvalue weighted by Crippen LogP contribution is -2.51. The van der Waals surface area contributed by atoms with Crippen molar-refractivity contribution in [2.75, 3.05) is 19.0 Å². The maximum absolute atomic E-state index is 13.5. The van der Waals surface area contributed by atoms with Crippen LogP contribution in [0.3, 0.4) is 0 Å². The summed E-state index contributed by atoms with van der Waals surface area (Å²) in [6.07, 6.45) is 0.636. The number of ether oxygens (including phenoxy) is 1. The van der Waals surface area contributed by atoms with Crippen molar-refractivity contribution in [2.24, 2.45) is 5.92 Å². The lowest BCUT2D eigenvalue weighted by atomic mass is 9.97. The third kappa shape index (κ3) is 8.42. The summed E-state index contributed by atoms with van der Waals surface area (Å²) in [6.45, 7) is 11.9. The minimum Gasteiger partial charge on any atom is -0.497 e. The van der Waals surface area contributed by atoms with Crippen LogP contribution in [-0.4, -0.2) is 47.0 Å². The van der Waals surface area contributed by atoms with Gasteiger partial charge in [0.1, 0.15) is 17.6 Å². The van der Waals surface area contributed by atoms with Crippen molar-refractivity contribution in [3.05, 3.63) is 41.7 Å². The van der Waals surface area contributed by atoms with E-state index in [4.69, 9.17) is 9.26 Å². The Labute approximate surface area is 207 Å². The van der Waals surface area contributed by atoms with Crippen LogP contribution in [0.5, 0.6) is 5.75 Å². The third-order valence-electron chi connectivity index (χ3n) is 5.68. The molecule has 1 atom stereocenters. The fourth-order valence-corrected chi connectivity index (χ4v) is 3.49. The van der Waals surface area contributed by atoms with Gasteiger partial charge in [-0.3, -0.25) is 14.4 Å². The first kappa shape index (κ1) is 27.9. The zero-order chi connectivity index (χ0) is 26.2. The third-order valence-corrected chi connectivity index (χ3v) is 5.68. The largest absolute Gasteiger partial charge is 0.497 e. The first-order chi connectivity index (χ1) is 16.5. The van der Waals surface area contributed by atoms with Crippen molar-refractivity contribution >= 4 is 23.5 Å². The minimum absolute atomic E-state index is 0.0449. The normalized spacial score (nSPS) is 12.2. The molecule has 2 rings (SSSR count). The van der Waals surface area contributed by atoms with E-state index in [1.54, 1.807) is 49.3 Å². The fourth-order valence-electron chi connectivity index (χ4n) is 3.49. The Bertz CT molecular complexity index is 997. The molecule has 2 aromatic rings. The smallest absolute Gasteiger partial charge is 0.247 e. The second kappa shape index (κ2) is 12.4. The number of nitrogens with one attached hydrogen (secondary N) is 2. The van der Waals surface area contributed by atoms with E-state index < -0.39 is 11.6 Å². The van der Waals surface area contributed by atoms with Gasteiger partial charge in [-0.25, -0.2) is 0 Å². The van der Waals surface area contributed by atoms with Gasteiger partial charge in [0.15, 0.2) is 5.82 Å². The van der Waals surface area contributed by atoms with E-state index in [0.717, 1.165) is 6.42 Å². The Morgan fingerprint density at radius 3 is 2.31 bits per heavy atom. The zero-order valence-corrected chi connectivity index (χ0v) is 21.8. The van der Waals surface area contributed by atoms with Crippen molar-refractivity contribution in [3.63, 3.8) is 0 Å². The first-order valence-corrected chi connectivity index (χ1v) is 11.9. The summed E-state index contributed by atoms with van der Waals surface area (Å²) in [7, 11) is 1.57. The standard InChI is InChI=1S/C26H38N4O5/c1-8-26(5,6)28-25(33)24(19-9-11-20(34-7)12-10-19)30(16-17(2)3)23(32)14-13-22(31)27-21-15-18(4)35-29-21/h9-12,15,17,24H,8,13-14,16H2,1-7H3,(H,28,33)(H,27,29,31). The van der Waals surface area contributed by atoms with Gasteiger partial charge in [-0.1, -0.05) is 38.1 Å². The molecule has 1 heterocycles. The van der Waals surface area contributed by atoms with Crippen molar-refractivity contribution in [2.45, 2.75) is 72.4 Å². The molecule has 0 aliphatic rings. The SMILES string of the molecule is CCC(C)(C)NC(=O)C(c1ccc(OC)cc1)N(CC(C)C)C(=O)CCC(=O)Nc1cc(C)on1. The molecule has 1 aromatic carbocycles. The van der Waals surface area contributed by atoms with Crippen LogP contribution in [0.2, 0.25) is 0 Å². The van der Waals surface area contributed by atoms with Crippen LogP contribution in [0, 0.1) is 12.8 Å². The van der Waals surface area contributed by atoms with E-state index in [1.165, 1.54) is 0 Å². The zero-order valence-electron chi connectivity index (χ0n) is 21.8. The molecule has 0 saturated heterocycles. The number of nitrogens with zero attached hydrogens (tertiary/aromatic N) is 2. The van der Waals surface area contributed by atoms with Gasteiger partial charge in [-0.2, -0.15) is 0 Å². The quantitative estimate of drug-likeness (QED) is 0.464. The highest BCUT2D eigenvalue weighted by molar-refractivity contribution is 5.94. The fraction of sp³-hybridized carbons (Fsp3) is 0.538. The highest BCUT2D eigenvalue weighted by Gasteiger charge is 2.34. The van der Waals surface area contributed by atoms with Crippen LogP contribution in [0.25, 0.3) is 0 Å². The number of carbonyl (C=O) groups is 3. The first-order valence-electron chi connectivity index (χ1n) is 11.9. The molecule has 0 spiro atoms. The molecule has 9 heteroatoms. The minimum atomic E-state index is -0.845. The average molecular weight is 487 g/mol. The van der Waals surface area contributed by atoms with E-state index in [1.807, 2.05) is 34.6 Å². The van der Waals surface area contributed by atoms with Gasteiger partial charge in [0.2, 0.25) is 17.7 Å². The number of aryl methyl sites for hydroxylation is 1. The predicted octanol–water partition coefficient (Wildman–Crippen LogP) is 4.24. The highest BCUT2D eigenvalue weighted by Crippen LogP contribution is 2.27. The van der Waals surface area contributed by atoms with Crippen LogP contribution >= 0.6 is 0 Å². The second-order valence-electron chi connectivity index (χ2n) is 9.71. The summed E-state index contributed by atoms with van der Waals surface area (Å²) in [6, 6.07) is 7.88. The number of hydrogen-bond donors (Lipinski definition) is 2. The van der Waals surface area contributed by atoms with Gasteiger partial charge in [0.05, 0.1) is 7.11 Å². The predicted molar refractivity (Wildman–Crippen MR) is 134 cm³/mol. The lowest BCUT2D eigenvalue weighted by molar-refractivity contribution is -0.142. The van der Waals surface area contributed by atoms with Crippen LogP contribution in [0.15, 0.2) is 34.9 Å². The van der Waals surface area contributed by atoms with Crippen LogP contribution in [0.1, 0.15) is 71.2 Å². The molecule has 1 aromatic heterocycles. The van der Waals surface area contributed by atoms with Crippen molar-refractivity contribution in [3.8, 4) is 5.75 Å². The summed E-state index contributed by atoms with van der Waals surface area (Å²) >= 11 is 0. The van der Waals surface area contributed by atoms with Crippen molar-refractivity contribution in [1.82, 2.24) is 15.4 Å². The van der Waals surface area contributed by atoms with E-state index in [9.17, 15) is 14.4 Å². The number of hydrogen-bond acceptors (Lipinski definition) is 6. The second-order valence-corrected chi connectivity index (χ2v) is 9.71. The number of rotatable bonds is 12. The van der Waals surface area contributed by atoms with Gasteiger partial charge < -0.3 is 24.8 Å². The van der Waals surface area contributed by atoms with Crippen molar-refractivity contribution < 1.29 is 23.6 Å². The molecule has 0 bridgehead atoms. The summed E-state index contributed by atoms with van der Waals surface area (Å²) in [5.74, 6) is 0.740. The molecule has 0 radical (unpaired) electrons. The molecule has 0 aliphatic carbocycles. The molecule has 3 amide bonds. The van der Waals surface area contributed by atoms with E-state index in [-0.39, 0.29) is 36.5 Å². The monoisotopic (exact) mass is 486 g/mol. The van der Waals surface area contributed by atoms with Crippen LogP contribution in [0.4, 0.5) is 5.82 Å². The number of carbonyl (C=O) groups excluding carboxylic acids is 3. The number of anilines is 1. The maximum Gasteiger partial charge on any atom is 0.247 e. The van der Waals surface area contributed by atoms with Crippen molar-refractivity contribution in [1.29, 1.82) is 0 Å². The number of methoxy groups -OCH3 is 1. The number of amides is 3. The molecule has 35 heavy (non-hydrogen) atoms. The Balaban J connectivity index is 2.28. The Morgan fingerprint density at radius 2 is 1.80 bits per heavy atom. The molecule has 0 aliphatic heterocycles. The summed E-state index contributed by atoms with van der Waals surface area (Å²) < 4.78 is 10.2. The topological polar surface area (TPSA) is 114 Å². The van der Waals surface area contributed by atoms with Crippen LogP contribution < -0.4 is 15.4 Å². The van der Waals surface area contributed by atoms with Gasteiger partial charge in [-0.15, -0.1) is 0 Å². The molecule has 1 unspecified atom stereocenters. The van der Waals surface area contributed by atoms with E-state index in [2.05, 4.69) is 15.8 Å². The maximum atomic E-state index is 13.5. The Hall–Kier alpha value is -3.36. The molecule has 192 valence electrons. The average Bonchev–Trinajstić information content (AvgIpc) is 3.21. The van der Waals surface area contributed by atoms with Gasteiger partial charge in [0.25, 0.3) is 0 Å². The van der Waals surface area contributed by atoms with Gasteiger partial charge >= 0.3 is 0 Å². The number of aromatic nitrogens is 1. The molecular formula is C26H38N4O5. The van der Waals surface area contributed by atoms with Gasteiger partial charge in [-0.05, 0) is 50.8 Å². The summed E-state index contributed by atoms with van der Waals surface area (Å²) in [5, 5.41) is 9.44. The van der Waals surface area contributed by atoms with E-state index in [0.29, 0.717) is 29.4 Å². The Kier molecular flexibility index (Phi) is 9.86. The number of benzene rings is 1. The molecule has 0 saturated carbocycles. The molecular weight excluding hydrogens is 448 g/mol. The Morgan fingerprint density at radius 1 is 1.14 bits per heavy atom. The summed E-state index contributed by atoms with van der Waals surface area (Å²) in [5.41, 5.74) is 0.232. The molecule has 9 nitrogen and oxygen atoms in total. The lowest BCUT2D eigenvalue weighted by Gasteiger charge is -2.35. The highest BCUT2D eigenvalue weighted by atomic mass is 16.5. The molecule has 0 fully saturated rings. The van der Waals surface area contributed by atoms with Crippen LogP contribution in [-0.2, 0) is 14.4 Å².